The maximum atomic E-state index is 12.1. The fourth-order valence-corrected chi connectivity index (χ4v) is 2.53. The maximum Gasteiger partial charge on any atom is 0.265 e. The summed E-state index contributed by atoms with van der Waals surface area (Å²) in [6, 6.07) is 9.62. The van der Waals surface area contributed by atoms with Gasteiger partial charge in [0.25, 0.3) is 11.8 Å². The monoisotopic (exact) mass is 371 g/mol. The number of phenolic OH excluding ortho intramolecular Hbond substituents is 2. The van der Waals surface area contributed by atoms with E-state index >= 15 is 0 Å². The van der Waals surface area contributed by atoms with E-state index in [1.54, 1.807) is 24.3 Å². The quantitative estimate of drug-likeness (QED) is 0.409. The van der Waals surface area contributed by atoms with Crippen molar-refractivity contribution in [1.82, 2.24) is 5.43 Å². The number of aromatic hydroxyl groups is 2. The van der Waals surface area contributed by atoms with Gasteiger partial charge >= 0.3 is 0 Å². The fraction of sp³-hybridized carbons (Fsp3) is 0.167. The molecular weight excluding hydrogens is 354 g/mol. The Balaban J connectivity index is 1.66. The lowest BCUT2D eigenvalue weighted by atomic mass is 10.2. The summed E-state index contributed by atoms with van der Waals surface area (Å²) in [6.45, 7) is -0.360. The lowest BCUT2D eigenvalue weighted by Gasteiger charge is -2.28. The number of rotatable bonds is 5. The summed E-state index contributed by atoms with van der Waals surface area (Å²) >= 11 is 0. The first kappa shape index (κ1) is 18.1. The molecule has 1 aliphatic heterocycles. The van der Waals surface area contributed by atoms with Crippen LogP contribution in [0.2, 0.25) is 0 Å². The first-order chi connectivity index (χ1) is 13.0. The molecule has 0 radical (unpaired) electrons. The molecule has 2 aromatic carbocycles. The number of nitrogens with zero attached hydrogens (tertiary/aromatic N) is 2. The Morgan fingerprint density at radius 2 is 2.15 bits per heavy atom. The summed E-state index contributed by atoms with van der Waals surface area (Å²) in [5.41, 5.74) is 3.23. The van der Waals surface area contributed by atoms with E-state index in [-0.39, 0.29) is 36.3 Å². The summed E-state index contributed by atoms with van der Waals surface area (Å²) in [5.74, 6) is -1.01. The van der Waals surface area contributed by atoms with Crippen LogP contribution in [-0.2, 0) is 9.59 Å². The summed E-state index contributed by atoms with van der Waals surface area (Å²) in [5, 5.41) is 23.0. The maximum absolute atomic E-state index is 12.1. The number of fused-ring (bicyclic) bond motifs is 1. The number of ether oxygens (including phenoxy) is 2. The zero-order valence-electron chi connectivity index (χ0n) is 14.4. The van der Waals surface area contributed by atoms with Gasteiger partial charge in [-0.15, -0.1) is 0 Å². The molecular formula is C18H17N3O6. The average Bonchev–Trinajstić information content (AvgIpc) is 2.66. The number of carbonyl (C=O) groups excluding carboxylic acids is 2. The number of phenols is 2. The van der Waals surface area contributed by atoms with E-state index in [9.17, 15) is 19.8 Å². The minimum Gasteiger partial charge on any atom is -0.504 e. The van der Waals surface area contributed by atoms with Gasteiger partial charge < -0.3 is 19.7 Å². The van der Waals surface area contributed by atoms with Gasteiger partial charge in [0.2, 0.25) is 5.75 Å². The predicted molar refractivity (Wildman–Crippen MR) is 96.4 cm³/mol. The number of amides is 2. The Hall–Kier alpha value is -3.75. The lowest BCUT2D eigenvalue weighted by Crippen LogP contribution is -2.44. The number of hydrogen-bond donors (Lipinski definition) is 3. The molecule has 9 nitrogen and oxygen atoms in total. The number of hydrogen-bond acceptors (Lipinski definition) is 7. The van der Waals surface area contributed by atoms with Crippen molar-refractivity contribution < 1.29 is 29.3 Å². The number of nitrogens with one attached hydrogen (secondary N) is 1. The fourth-order valence-electron chi connectivity index (χ4n) is 2.53. The number of para-hydroxylation sites is 2. The smallest absolute Gasteiger partial charge is 0.265 e. The zero-order chi connectivity index (χ0) is 19.4. The normalized spacial score (nSPS) is 13.2. The second-order valence-corrected chi connectivity index (χ2v) is 5.62. The van der Waals surface area contributed by atoms with Gasteiger partial charge in [-0.1, -0.05) is 12.1 Å². The Morgan fingerprint density at radius 3 is 2.93 bits per heavy atom. The first-order valence-corrected chi connectivity index (χ1v) is 7.93. The van der Waals surface area contributed by atoms with Crippen molar-refractivity contribution in [2.75, 3.05) is 25.2 Å². The number of anilines is 1. The molecule has 0 atom stereocenters. The van der Waals surface area contributed by atoms with E-state index in [0.29, 0.717) is 17.0 Å². The van der Waals surface area contributed by atoms with Crippen molar-refractivity contribution in [3.8, 4) is 23.0 Å². The van der Waals surface area contributed by atoms with Gasteiger partial charge in [-0.3, -0.25) is 14.5 Å². The molecule has 9 heteroatoms. The Kier molecular flexibility index (Phi) is 5.11. The van der Waals surface area contributed by atoms with Crippen LogP contribution < -0.4 is 19.8 Å². The highest BCUT2D eigenvalue weighted by atomic mass is 16.5. The van der Waals surface area contributed by atoms with Gasteiger partial charge in [0, 0.05) is 5.56 Å². The van der Waals surface area contributed by atoms with Crippen LogP contribution in [-0.4, -0.2) is 48.5 Å². The lowest BCUT2D eigenvalue weighted by molar-refractivity contribution is -0.125. The van der Waals surface area contributed by atoms with Crippen molar-refractivity contribution in [3.63, 3.8) is 0 Å². The van der Waals surface area contributed by atoms with Crippen LogP contribution in [0.5, 0.6) is 23.0 Å². The van der Waals surface area contributed by atoms with Crippen molar-refractivity contribution >= 4 is 23.7 Å². The second-order valence-electron chi connectivity index (χ2n) is 5.62. The topological polar surface area (TPSA) is 121 Å². The SMILES string of the molecule is COc1cc(/C=N/NC(=O)CN2C(=O)COc3ccccc32)cc(O)c1O. The summed E-state index contributed by atoms with van der Waals surface area (Å²) < 4.78 is 10.2. The minimum atomic E-state index is -0.508. The molecule has 2 amide bonds. The molecule has 1 heterocycles. The average molecular weight is 371 g/mol. The van der Waals surface area contributed by atoms with E-state index < -0.39 is 5.91 Å². The molecule has 0 aliphatic carbocycles. The molecule has 0 fully saturated rings. The summed E-state index contributed by atoms with van der Waals surface area (Å²) in [4.78, 5) is 25.5. The summed E-state index contributed by atoms with van der Waals surface area (Å²) in [6.07, 6.45) is 1.27. The van der Waals surface area contributed by atoms with Crippen LogP contribution in [0.4, 0.5) is 5.69 Å². The molecule has 0 saturated carbocycles. The van der Waals surface area contributed by atoms with Gasteiger partial charge in [0.05, 0.1) is 19.0 Å². The molecule has 0 unspecified atom stereocenters. The standard InChI is InChI=1S/C18H17N3O6/c1-26-15-7-11(6-13(22)18(15)25)8-19-20-16(23)9-21-12-4-2-3-5-14(12)27-10-17(21)24/h2-8,22,25H,9-10H2,1H3,(H,20,23)/b19-8+. The third-order valence-corrected chi connectivity index (χ3v) is 3.81. The summed E-state index contributed by atoms with van der Waals surface area (Å²) in [7, 11) is 1.34. The van der Waals surface area contributed by atoms with Crippen LogP contribution in [0.3, 0.4) is 0 Å². The second kappa shape index (κ2) is 7.65. The van der Waals surface area contributed by atoms with Crippen LogP contribution in [0.25, 0.3) is 0 Å². The van der Waals surface area contributed by atoms with Crippen LogP contribution in [0.15, 0.2) is 41.5 Å². The van der Waals surface area contributed by atoms with E-state index in [2.05, 4.69) is 10.5 Å². The van der Waals surface area contributed by atoms with Crippen molar-refractivity contribution in [2.45, 2.75) is 0 Å². The molecule has 0 aromatic heterocycles. The van der Waals surface area contributed by atoms with Crippen LogP contribution in [0, 0.1) is 0 Å². The molecule has 0 bridgehead atoms. The van der Waals surface area contributed by atoms with Gasteiger partial charge in [-0.25, -0.2) is 5.43 Å². The first-order valence-electron chi connectivity index (χ1n) is 7.93. The number of hydrazone groups is 1. The highest BCUT2D eigenvalue weighted by molar-refractivity contribution is 6.02. The Labute approximate surface area is 154 Å². The van der Waals surface area contributed by atoms with Gasteiger partial charge in [0.1, 0.15) is 12.3 Å². The van der Waals surface area contributed by atoms with Crippen molar-refractivity contribution in [2.24, 2.45) is 5.10 Å². The van der Waals surface area contributed by atoms with Crippen LogP contribution >= 0.6 is 0 Å². The van der Waals surface area contributed by atoms with Crippen molar-refractivity contribution in [1.29, 1.82) is 0 Å². The minimum absolute atomic E-state index is 0.0679. The number of methoxy groups -OCH3 is 1. The molecule has 0 saturated heterocycles. The van der Waals surface area contributed by atoms with Crippen LogP contribution in [0.1, 0.15) is 5.56 Å². The van der Waals surface area contributed by atoms with Gasteiger partial charge in [0.15, 0.2) is 18.1 Å². The van der Waals surface area contributed by atoms with E-state index in [1.807, 2.05) is 0 Å². The highest BCUT2D eigenvalue weighted by Crippen LogP contribution is 2.35. The molecule has 2 aromatic rings. The molecule has 3 rings (SSSR count). The van der Waals surface area contributed by atoms with E-state index in [1.165, 1.54) is 30.4 Å². The zero-order valence-corrected chi connectivity index (χ0v) is 14.4. The molecule has 140 valence electrons. The van der Waals surface area contributed by atoms with E-state index in [0.717, 1.165) is 0 Å². The Morgan fingerprint density at radius 1 is 1.37 bits per heavy atom. The molecule has 0 spiro atoms. The van der Waals surface area contributed by atoms with E-state index in [4.69, 9.17) is 9.47 Å². The highest BCUT2D eigenvalue weighted by Gasteiger charge is 2.26. The Bertz CT molecular complexity index is 912. The van der Waals surface area contributed by atoms with Gasteiger partial charge in [-0.05, 0) is 24.3 Å². The molecule has 1 aliphatic rings. The molecule has 27 heavy (non-hydrogen) atoms. The largest absolute Gasteiger partial charge is 0.504 e. The third kappa shape index (κ3) is 3.92. The molecule has 3 N–H and O–H groups in total. The van der Waals surface area contributed by atoms with Gasteiger partial charge in [-0.2, -0.15) is 5.10 Å². The number of carbonyl (C=O) groups is 2. The number of benzene rings is 2. The van der Waals surface area contributed by atoms with Crippen molar-refractivity contribution in [3.05, 3.63) is 42.0 Å². The predicted octanol–water partition coefficient (Wildman–Crippen LogP) is 0.982. The third-order valence-electron chi connectivity index (χ3n) is 3.81.